The third kappa shape index (κ3) is 1.27. The first-order valence-corrected chi connectivity index (χ1v) is 3.77. The van der Waals surface area contributed by atoms with Gasteiger partial charge in [-0.15, -0.1) is 11.3 Å². The van der Waals surface area contributed by atoms with Crippen LogP contribution in [0.4, 0.5) is 0 Å². The number of benzene rings is 1. The van der Waals surface area contributed by atoms with Gasteiger partial charge < -0.3 is 1.43 Å². The summed E-state index contributed by atoms with van der Waals surface area (Å²) in [5, 5.41) is 3.47. The van der Waals surface area contributed by atoms with Crippen LogP contribution in [-0.2, 0) is 0 Å². The van der Waals surface area contributed by atoms with E-state index in [0.29, 0.717) is 0 Å². The van der Waals surface area contributed by atoms with Gasteiger partial charge in [-0.1, -0.05) is 18.2 Å². The summed E-state index contributed by atoms with van der Waals surface area (Å²) in [4.78, 5) is 0. The van der Waals surface area contributed by atoms with Crippen molar-refractivity contribution >= 4 is 21.4 Å². The van der Waals surface area contributed by atoms with Gasteiger partial charge in [-0.25, -0.2) is 0 Å². The minimum atomic E-state index is 0. The maximum atomic E-state index is 2.14. The van der Waals surface area contributed by atoms with Gasteiger partial charge in [0.2, 0.25) is 0 Å². The standard InChI is InChI=1S/C8H6S.Li.H/c1-2-4-8-7(3-1)5-6-9-8;;/h1-6H;;/q;+1;-1. The molecule has 0 radical (unpaired) electrons. The largest absolute Gasteiger partial charge is 1.00 e. The van der Waals surface area contributed by atoms with Crippen molar-refractivity contribution in [2.75, 3.05) is 0 Å². The molecular formula is C8H7LiS. The van der Waals surface area contributed by atoms with Gasteiger partial charge in [0.1, 0.15) is 0 Å². The molecule has 46 valence electrons. The van der Waals surface area contributed by atoms with Crippen LogP contribution < -0.4 is 18.9 Å². The number of fused-ring (bicyclic) bond motifs is 1. The minimum Gasteiger partial charge on any atom is -1.00 e. The van der Waals surface area contributed by atoms with E-state index in [-0.39, 0.29) is 20.3 Å². The summed E-state index contributed by atoms with van der Waals surface area (Å²) in [7, 11) is 0. The van der Waals surface area contributed by atoms with Crippen molar-refractivity contribution < 1.29 is 20.3 Å². The second kappa shape index (κ2) is 3.25. The summed E-state index contributed by atoms with van der Waals surface area (Å²) in [6.07, 6.45) is 0. The maximum absolute atomic E-state index is 2.14. The zero-order chi connectivity index (χ0) is 6.10. The predicted octanol–water partition coefficient (Wildman–Crippen LogP) is 0.0178. The van der Waals surface area contributed by atoms with Crippen molar-refractivity contribution in [2.45, 2.75) is 0 Å². The van der Waals surface area contributed by atoms with Gasteiger partial charge in [0, 0.05) is 4.70 Å². The van der Waals surface area contributed by atoms with Gasteiger partial charge in [0.15, 0.2) is 0 Å². The Kier molecular flexibility index (Phi) is 2.56. The first-order valence-electron chi connectivity index (χ1n) is 2.89. The van der Waals surface area contributed by atoms with Crippen LogP contribution in [0.5, 0.6) is 0 Å². The molecule has 2 heteroatoms. The van der Waals surface area contributed by atoms with Crippen molar-refractivity contribution in [2.24, 2.45) is 0 Å². The van der Waals surface area contributed by atoms with Gasteiger partial charge in [0.05, 0.1) is 0 Å². The van der Waals surface area contributed by atoms with Crippen molar-refractivity contribution in [3.63, 3.8) is 0 Å². The van der Waals surface area contributed by atoms with E-state index in [1.165, 1.54) is 10.1 Å². The van der Waals surface area contributed by atoms with Crippen LogP contribution in [0, 0.1) is 0 Å². The fourth-order valence-corrected chi connectivity index (χ4v) is 1.70. The van der Waals surface area contributed by atoms with Crippen LogP contribution in [-0.4, -0.2) is 0 Å². The Morgan fingerprint density at radius 3 is 2.70 bits per heavy atom. The SMILES string of the molecule is [H-].[Li+].c1ccc2sccc2c1. The summed E-state index contributed by atoms with van der Waals surface area (Å²) >= 11 is 1.79. The molecule has 0 aliphatic heterocycles. The van der Waals surface area contributed by atoms with E-state index in [1.54, 1.807) is 11.3 Å². The van der Waals surface area contributed by atoms with E-state index in [2.05, 4.69) is 35.7 Å². The average Bonchev–Trinajstić information content (AvgIpc) is 2.33. The van der Waals surface area contributed by atoms with Crippen LogP contribution in [0.1, 0.15) is 1.43 Å². The maximum Gasteiger partial charge on any atom is 1.00 e. The van der Waals surface area contributed by atoms with Crippen LogP contribution in [0.15, 0.2) is 35.7 Å². The number of rotatable bonds is 0. The minimum absolute atomic E-state index is 0. The van der Waals surface area contributed by atoms with Crippen LogP contribution >= 0.6 is 11.3 Å². The zero-order valence-electron chi connectivity index (χ0n) is 6.87. The molecule has 0 saturated heterocycles. The van der Waals surface area contributed by atoms with E-state index >= 15 is 0 Å². The van der Waals surface area contributed by atoms with E-state index in [1.807, 2.05) is 0 Å². The Morgan fingerprint density at radius 1 is 1.10 bits per heavy atom. The monoisotopic (exact) mass is 142 g/mol. The molecule has 0 saturated carbocycles. The quantitative estimate of drug-likeness (QED) is 0.455. The molecule has 2 aromatic rings. The molecule has 0 unspecified atom stereocenters. The smallest absolute Gasteiger partial charge is 1.00 e. The van der Waals surface area contributed by atoms with Crippen LogP contribution in [0.2, 0.25) is 0 Å². The van der Waals surface area contributed by atoms with Gasteiger partial charge in [-0.05, 0) is 22.9 Å². The fraction of sp³-hybridized carbons (Fsp3) is 0. The van der Waals surface area contributed by atoms with Gasteiger partial charge >= 0.3 is 18.9 Å². The van der Waals surface area contributed by atoms with Crippen molar-refractivity contribution in [3.05, 3.63) is 35.7 Å². The van der Waals surface area contributed by atoms with Crippen molar-refractivity contribution in [1.82, 2.24) is 0 Å². The zero-order valence-corrected chi connectivity index (χ0v) is 6.69. The number of hydrogen-bond acceptors (Lipinski definition) is 1. The van der Waals surface area contributed by atoms with Crippen molar-refractivity contribution in [1.29, 1.82) is 0 Å². The molecule has 0 aliphatic rings. The molecule has 10 heavy (non-hydrogen) atoms. The Morgan fingerprint density at radius 2 is 1.90 bits per heavy atom. The summed E-state index contributed by atoms with van der Waals surface area (Å²) in [5.41, 5.74) is 0. The molecule has 1 aromatic carbocycles. The fourth-order valence-electron chi connectivity index (χ4n) is 0.906. The molecule has 0 aliphatic carbocycles. The normalized spacial score (nSPS) is 9.20. The topological polar surface area (TPSA) is 0 Å². The molecular weight excluding hydrogens is 135 g/mol. The molecule has 1 heterocycles. The second-order valence-corrected chi connectivity index (χ2v) is 2.91. The molecule has 0 amide bonds. The third-order valence-corrected chi connectivity index (χ3v) is 2.26. The summed E-state index contributed by atoms with van der Waals surface area (Å²) in [6.45, 7) is 0. The van der Waals surface area contributed by atoms with E-state index < -0.39 is 0 Å². The third-order valence-electron chi connectivity index (χ3n) is 1.36. The number of hydrogen-bond donors (Lipinski definition) is 0. The molecule has 1 aromatic heterocycles. The first kappa shape index (κ1) is 7.88. The van der Waals surface area contributed by atoms with E-state index in [0.717, 1.165) is 0 Å². The molecule has 0 N–H and O–H groups in total. The van der Waals surface area contributed by atoms with Gasteiger partial charge in [-0.2, -0.15) is 0 Å². The molecule has 0 fully saturated rings. The molecule has 2 rings (SSSR count). The predicted molar refractivity (Wildman–Crippen MR) is 42.9 cm³/mol. The molecule has 0 spiro atoms. The Hall–Kier alpha value is -0.223. The Bertz CT molecular complexity index is 288. The molecule has 0 bridgehead atoms. The summed E-state index contributed by atoms with van der Waals surface area (Å²) < 4.78 is 1.37. The first-order chi connectivity index (χ1) is 4.47. The van der Waals surface area contributed by atoms with Gasteiger partial charge in [-0.3, -0.25) is 0 Å². The Balaban J connectivity index is 0.000000500. The van der Waals surface area contributed by atoms with E-state index in [9.17, 15) is 0 Å². The van der Waals surface area contributed by atoms with Crippen molar-refractivity contribution in [3.8, 4) is 0 Å². The molecule has 0 atom stereocenters. The summed E-state index contributed by atoms with van der Waals surface area (Å²) in [6, 6.07) is 10.5. The molecule has 0 nitrogen and oxygen atoms in total. The van der Waals surface area contributed by atoms with Crippen LogP contribution in [0.25, 0.3) is 10.1 Å². The van der Waals surface area contributed by atoms with Crippen LogP contribution in [0.3, 0.4) is 0 Å². The van der Waals surface area contributed by atoms with Gasteiger partial charge in [0.25, 0.3) is 0 Å². The second-order valence-electron chi connectivity index (χ2n) is 1.96. The summed E-state index contributed by atoms with van der Waals surface area (Å²) in [5.74, 6) is 0. The Labute approximate surface area is 77.5 Å². The number of thiophene rings is 1. The average molecular weight is 142 g/mol. The van der Waals surface area contributed by atoms with E-state index in [4.69, 9.17) is 0 Å².